The van der Waals surface area contributed by atoms with Crippen molar-refractivity contribution in [2.24, 2.45) is 0 Å². The van der Waals surface area contributed by atoms with E-state index in [4.69, 9.17) is 16.7 Å². The molecule has 2 heterocycles. The number of fused-ring (bicyclic) bond motifs is 1. The molecule has 0 spiro atoms. The van der Waals surface area contributed by atoms with Crippen molar-refractivity contribution in [2.45, 2.75) is 6.42 Å². The minimum Gasteiger partial charge on any atom is -0.478 e. The van der Waals surface area contributed by atoms with Gasteiger partial charge in [-0.15, -0.1) is 0 Å². The number of benzene rings is 1. The maximum Gasteiger partial charge on any atom is 0.337 e. The highest BCUT2D eigenvalue weighted by molar-refractivity contribution is 6.30. The lowest BCUT2D eigenvalue weighted by molar-refractivity contribution is 0.0698. The van der Waals surface area contributed by atoms with Crippen LogP contribution in [-0.2, 0) is 6.42 Å². The molecule has 1 aromatic carbocycles. The molecule has 0 atom stereocenters. The summed E-state index contributed by atoms with van der Waals surface area (Å²) in [4.78, 5) is 15.5. The Balaban J connectivity index is 2.05. The fourth-order valence-corrected chi connectivity index (χ4v) is 2.43. The number of rotatable bonds is 3. The summed E-state index contributed by atoms with van der Waals surface area (Å²) in [6.07, 6.45) is 4.00. The van der Waals surface area contributed by atoms with Gasteiger partial charge in [-0.2, -0.15) is 0 Å². The number of aromatic nitrogens is 2. The lowest BCUT2D eigenvalue weighted by atomic mass is 10.1. The summed E-state index contributed by atoms with van der Waals surface area (Å²) in [6, 6.07) is 10.8. The molecule has 0 unspecified atom stereocenters. The first-order valence-electron chi connectivity index (χ1n) is 6.08. The molecule has 2 aromatic heterocycles. The van der Waals surface area contributed by atoms with Crippen molar-refractivity contribution in [2.75, 3.05) is 0 Å². The number of carboxylic acid groups (broad SMARTS) is 1. The summed E-state index contributed by atoms with van der Waals surface area (Å²) in [6.45, 7) is 0. The second kappa shape index (κ2) is 4.98. The van der Waals surface area contributed by atoms with Gasteiger partial charge in [-0.1, -0.05) is 23.7 Å². The van der Waals surface area contributed by atoms with Crippen molar-refractivity contribution in [3.8, 4) is 0 Å². The Morgan fingerprint density at radius 2 is 2.15 bits per heavy atom. The molecule has 4 nitrogen and oxygen atoms in total. The number of halogens is 1. The Labute approximate surface area is 120 Å². The monoisotopic (exact) mass is 286 g/mol. The van der Waals surface area contributed by atoms with Crippen LogP contribution in [0.25, 0.3) is 5.52 Å². The van der Waals surface area contributed by atoms with Gasteiger partial charge in [0.2, 0.25) is 0 Å². The van der Waals surface area contributed by atoms with Crippen LogP contribution in [0.5, 0.6) is 0 Å². The first kappa shape index (κ1) is 12.7. The van der Waals surface area contributed by atoms with Gasteiger partial charge in [-0.3, -0.25) is 0 Å². The number of hydrogen-bond acceptors (Lipinski definition) is 2. The van der Waals surface area contributed by atoms with Crippen LogP contribution in [0.3, 0.4) is 0 Å². The van der Waals surface area contributed by atoms with E-state index in [1.54, 1.807) is 22.7 Å². The molecule has 0 aliphatic rings. The molecule has 0 saturated carbocycles. The topological polar surface area (TPSA) is 54.6 Å². The van der Waals surface area contributed by atoms with Crippen LogP contribution in [-0.4, -0.2) is 20.5 Å². The Hall–Kier alpha value is -2.33. The average Bonchev–Trinajstić information content (AvgIpc) is 2.82. The van der Waals surface area contributed by atoms with Crippen LogP contribution in [0.2, 0.25) is 5.02 Å². The molecule has 0 fully saturated rings. The molecule has 0 aliphatic heterocycles. The highest BCUT2D eigenvalue weighted by atomic mass is 35.5. The van der Waals surface area contributed by atoms with E-state index in [9.17, 15) is 4.79 Å². The maximum absolute atomic E-state index is 11.2. The summed E-state index contributed by atoms with van der Waals surface area (Å²) in [7, 11) is 0. The van der Waals surface area contributed by atoms with Crippen molar-refractivity contribution in [3.63, 3.8) is 0 Å². The van der Waals surface area contributed by atoms with Gasteiger partial charge in [0, 0.05) is 17.6 Å². The number of carboxylic acids is 1. The summed E-state index contributed by atoms with van der Waals surface area (Å²) in [5.41, 5.74) is 1.88. The lowest BCUT2D eigenvalue weighted by Gasteiger charge is -2.04. The van der Waals surface area contributed by atoms with Crippen molar-refractivity contribution in [3.05, 3.63) is 70.8 Å². The number of imidazole rings is 1. The Morgan fingerprint density at radius 3 is 2.90 bits per heavy atom. The van der Waals surface area contributed by atoms with Gasteiger partial charge in [-0.25, -0.2) is 9.78 Å². The van der Waals surface area contributed by atoms with Gasteiger partial charge < -0.3 is 9.51 Å². The largest absolute Gasteiger partial charge is 0.478 e. The van der Waals surface area contributed by atoms with Crippen LogP contribution in [0.4, 0.5) is 0 Å². The molecule has 0 amide bonds. The number of pyridine rings is 1. The van der Waals surface area contributed by atoms with Crippen molar-refractivity contribution >= 4 is 23.1 Å². The molecule has 1 N–H and O–H groups in total. The van der Waals surface area contributed by atoms with Crippen molar-refractivity contribution < 1.29 is 9.90 Å². The molecule has 3 rings (SSSR count). The highest BCUT2D eigenvalue weighted by Gasteiger charge is 2.12. The number of carbonyl (C=O) groups is 1. The fraction of sp³-hybridized carbons (Fsp3) is 0.0667. The molecule has 5 heteroatoms. The quantitative estimate of drug-likeness (QED) is 0.804. The third-order valence-electron chi connectivity index (χ3n) is 3.13. The van der Waals surface area contributed by atoms with Crippen molar-refractivity contribution in [1.82, 2.24) is 9.38 Å². The van der Waals surface area contributed by atoms with Gasteiger partial charge in [0.05, 0.1) is 17.3 Å². The average molecular weight is 287 g/mol. The Bertz CT molecular complexity index is 795. The van der Waals surface area contributed by atoms with Gasteiger partial charge >= 0.3 is 5.97 Å². The smallest absolute Gasteiger partial charge is 0.337 e. The Morgan fingerprint density at radius 1 is 1.30 bits per heavy atom. The summed E-state index contributed by atoms with van der Waals surface area (Å²) in [5, 5.41) is 9.84. The van der Waals surface area contributed by atoms with E-state index in [1.807, 2.05) is 30.5 Å². The molecule has 20 heavy (non-hydrogen) atoms. The molecular formula is C15H11ClN2O2. The first-order chi connectivity index (χ1) is 9.65. The van der Waals surface area contributed by atoms with E-state index >= 15 is 0 Å². The van der Waals surface area contributed by atoms with E-state index in [0.717, 1.165) is 11.4 Å². The minimum absolute atomic E-state index is 0.248. The third-order valence-corrected chi connectivity index (χ3v) is 3.36. The van der Waals surface area contributed by atoms with Crippen LogP contribution >= 0.6 is 11.6 Å². The van der Waals surface area contributed by atoms with Crippen molar-refractivity contribution in [1.29, 1.82) is 0 Å². The number of hydrogen-bond donors (Lipinski definition) is 1. The van der Waals surface area contributed by atoms with Crippen LogP contribution in [0, 0.1) is 0 Å². The molecular weight excluding hydrogens is 276 g/mol. The molecule has 0 bridgehead atoms. The second-order valence-corrected chi connectivity index (χ2v) is 4.90. The number of nitrogens with zero attached hydrogens (tertiary/aromatic N) is 2. The zero-order chi connectivity index (χ0) is 14.1. The maximum atomic E-state index is 11.2. The summed E-state index contributed by atoms with van der Waals surface area (Å²) < 4.78 is 1.80. The molecule has 0 aliphatic carbocycles. The standard InChI is InChI=1S/C15H11ClN2O2/c16-11-4-1-3-10(7-11)8-14-17-9-13-12(15(19)20)5-2-6-18(13)14/h1-7,9H,8H2,(H,19,20). The third kappa shape index (κ3) is 2.26. The van der Waals surface area contributed by atoms with E-state index in [2.05, 4.69) is 4.98 Å². The van der Waals surface area contributed by atoms with Crippen LogP contribution < -0.4 is 0 Å². The van der Waals surface area contributed by atoms with E-state index in [1.165, 1.54) is 0 Å². The molecule has 0 saturated heterocycles. The SMILES string of the molecule is O=C(O)c1cccn2c(Cc3cccc(Cl)c3)ncc12. The normalized spacial score (nSPS) is 10.8. The van der Waals surface area contributed by atoms with E-state index in [-0.39, 0.29) is 5.56 Å². The van der Waals surface area contributed by atoms with Gasteiger partial charge in [0.25, 0.3) is 0 Å². The van der Waals surface area contributed by atoms with Gasteiger partial charge in [0.1, 0.15) is 5.82 Å². The summed E-state index contributed by atoms with van der Waals surface area (Å²) >= 11 is 5.97. The molecule has 3 aromatic rings. The van der Waals surface area contributed by atoms with E-state index < -0.39 is 5.97 Å². The summed E-state index contributed by atoms with van der Waals surface area (Å²) in [5.74, 6) is -0.171. The fourth-order valence-electron chi connectivity index (χ4n) is 2.22. The highest BCUT2D eigenvalue weighted by Crippen LogP contribution is 2.17. The molecule has 100 valence electrons. The number of aromatic carboxylic acids is 1. The van der Waals surface area contributed by atoms with Gasteiger partial charge in [-0.05, 0) is 29.8 Å². The lowest BCUT2D eigenvalue weighted by Crippen LogP contribution is -2.01. The Kier molecular flexibility index (Phi) is 3.16. The zero-order valence-corrected chi connectivity index (χ0v) is 11.2. The van der Waals surface area contributed by atoms with Gasteiger partial charge in [0.15, 0.2) is 0 Å². The van der Waals surface area contributed by atoms with Crippen LogP contribution in [0.1, 0.15) is 21.7 Å². The van der Waals surface area contributed by atoms with Crippen LogP contribution in [0.15, 0.2) is 48.8 Å². The van der Waals surface area contributed by atoms with E-state index in [0.29, 0.717) is 17.0 Å². The predicted molar refractivity (Wildman–Crippen MR) is 76.4 cm³/mol. The second-order valence-electron chi connectivity index (χ2n) is 4.46. The molecule has 0 radical (unpaired) electrons. The first-order valence-corrected chi connectivity index (χ1v) is 6.45. The minimum atomic E-state index is -0.954. The zero-order valence-electron chi connectivity index (χ0n) is 10.5. The predicted octanol–water partition coefficient (Wildman–Crippen LogP) is 3.28.